The van der Waals surface area contributed by atoms with E-state index in [9.17, 15) is 13.2 Å². The van der Waals surface area contributed by atoms with Crippen LogP contribution in [0.1, 0.15) is 31.2 Å². The molecule has 0 aliphatic carbocycles. The van der Waals surface area contributed by atoms with Gasteiger partial charge in [-0.05, 0) is 57.5 Å². The summed E-state index contributed by atoms with van der Waals surface area (Å²) in [5, 5.41) is 3.23. The van der Waals surface area contributed by atoms with Crippen LogP contribution in [0.3, 0.4) is 0 Å². The molecule has 0 saturated carbocycles. The Balaban J connectivity index is 1.71. The second-order valence-corrected chi connectivity index (χ2v) is 9.90. The first-order valence-corrected chi connectivity index (χ1v) is 12.2. The molecule has 2 saturated heterocycles. The lowest BCUT2D eigenvalue weighted by molar-refractivity contribution is -0.132. The minimum Gasteiger partial charge on any atom is -0.339 e. The van der Waals surface area contributed by atoms with E-state index in [1.54, 1.807) is 30.0 Å². The van der Waals surface area contributed by atoms with Gasteiger partial charge in [0.25, 0.3) is 0 Å². The molecule has 1 aromatic carbocycles. The third-order valence-corrected chi connectivity index (χ3v) is 7.83. The molecule has 2 aliphatic rings. The van der Waals surface area contributed by atoms with E-state index in [1.165, 1.54) is 23.6 Å². The van der Waals surface area contributed by atoms with Crippen LogP contribution in [0.15, 0.2) is 29.2 Å². The Hall–Kier alpha value is -1.48. The van der Waals surface area contributed by atoms with Crippen LogP contribution in [-0.4, -0.2) is 87.3 Å². The third kappa shape index (κ3) is 6.01. The van der Waals surface area contributed by atoms with Gasteiger partial charge in [0, 0.05) is 32.7 Å². The van der Waals surface area contributed by atoms with Gasteiger partial charge in [-0.15, -0.1) is 0 Å². The molecule has 0 radical (unpaired) electrons. The number of hydrogen-bond acceptors (Lipinski definition) is 5. The minimum atomic E-state index is -3.72. The van der Waals surface area contributed by atoms with E-state index < -0.39 is 10.0 Å². The molecule has 0 spiro atoms. The Morgan fingerprint density at radius 1 is 1.07 bits per heavy atom. The van der Waals surface area contributed by atoms with Gasteiger partial charge in [-0.2, -0.15) is 4.31 Å². The van der Waals surface area contributed by atoms with Crippen LogP contribution >= 0.6 is 0 Å². The van der Waals surface area contributed by atoms with Gasteiger partial charge < -0.3 is 15.1 Å². The number of likely N-dealkylation sites (tertiary alicyclic amines) is 1. The van der Waals surface area contributed by atoms with Crippen LogP contribution in [0.2, 0.25) is 0 Å². The molecular formula is C21H34N4O3S. The van der Waals surface area contributed by atoms with Gasteiger partial charge in [0.05, 0.1) is 11.4 Å². The lowest BCUT2D eigenvalue weighted by Crippen LogP contribution is -2.50. The zero-order chi connectivity index (χ0) is 20.7. The molecule has 8 heteroatoms. The number of amides is 1. The lowest BCUT2D eigenvalue weighted by atomic mass is 10.1. The minimum absolute atomic E-state index is 0.0866. The highest BCUT2D eigenvalue weighted by atomic mass is 32.2. The highest BCUT2D eigenvalue weighted by Crippen LogP contribution is 2.20. The summed E-state index contributed by atoms with van der Waals surface area (Å²) >= 11 is 0. The first kappa shape index (κ1) is 22.2. The number of rotatable bonds is 8. The number of nitrogens with one attached hydrogen (secondary N) is 1. The maximum absolute atomic E-state index is 13.4. The maximum Gasteiger partial charge on any atom is 0.243 e. The molecule has 0 bridgehead atoms. The number of sulfonamides is 1. The zero-order valence-electron chi connectivity index (χ0n) is 17.5. The number of carbonyl (C=O) groups is 1. The van der Waals surface area contributed by atoms with Crippen molar-refractivity contribution < 1.29 is 13.2 Å². The van der Waals surface area contributed by atoms with Crippen molar-refractivity contribution in [2.24, 2.45) is 0 Å². The zero-order valence-corrected chi connectivity index (χ0v) is 18.3. The third-order valence-electron chi connectivity index (χ3n) is 5.82. The van der Waals surface area contributed by atoms with E-state index in [2.05, 4.69) is 10.2 Å². The number of nitrogens with zero attached hydrogens (tertiary/aromatic N) is 3. The average Bonchev–Trinajstić information content (AvgIpc) is 2.74. The topological polar surface area (TPSA) is 73.0 Å². The first-order valence-electron chi connectivity index (χ1n) is 10.7. The summed E-state index contributed by atoms with van der Waals surface area (Å²) in [6.45, 7) is 7.90. The summed E-state index contributed by atoms with van der Waals surface area (Å²) in [6, 6.07) is 7.01. The smallest absolute Gasteiger partial charge is 0.243 e. The summed E-state index contributed by atoms with van der Waals surface area (Å²) in [5.74, 6) is -0.110. The predicted molar refractivity (Wildman–Crippen MR) is 114 cm³/mol. The number of carbonyl (C=O) groups excluding carboxylic acids is 1. The van der Waals surface area contributed by atoms with Crippen LogP contribution < -0.4 is 5.32 Å². The van der Waals surface area contributed by atoms with Crippen LogP contribution in [0.25, 0.3) is 0 Å². The molecule has 1 aromatic rings. The van der Waals surface area contributed by atoms with Gasteiger partial charge in [-0.3, -0.25) is 4.79 Å². The Bertz CT molecular complexity index is 772. The van der Waals surface area contributed by atoms with E-state index in [4.69, 9.17) is 0 Å². The second-order valence-electron chi connectivity index (χ2n) is 7.99. The Morgan fingerprint density at radius 3 is 2.45 bits per heavy atom. The van der Waals surface area contributed by atoms with Crippen LogP contribution in [0, 0.1) is 6.92 Å². The fraction of sp³-hybridized carbons (Fsp3) is 0.667. The highest BCUT2D eigenvalue weighted by Gasteiger charge is 2.29. The van der Waals surface area contributed by atoms with Gasteiger partial charge >= 0.3 is 0 Å². The molecule has 0 unspecified atom stereocenters. The predicted octanol–water partition coefficient (Wildman–Crippen LogP) is 1.29. The van der Waals surface area contributed by atoms with Crippen molar-refractivity contribution in [2.45, 2.75) is 37.5 Å². The summed E-state index contributed by atoms with van der Waals surface area (Å²) in [7, 11) is -3.72. The van der Waals surface area contributed by atoms with Crippen molar-refractivity contribution in [1.29, 1.82) is 0 Å². The highest BCUT2D eigenvalue weighted by molar-refractivity contribution is 7.89. The van der Waals surface area contributed by atoms with Crippen molar-refractivity contribution in [3.8, 4) is 0 Å². The van der Waals surface area contributed by atoms with Crippen LogP contribution in [-0.2, 0) is 14.8 Å². The van der Waals surface area contributed by atoms with Gasteiger partial charge in [0.2, 0.25) is 15.9 Å². The van der Waals surface area contributed by atoms with Crippen molar-refractivity contribution in [1.82, 2.24) is 19.4 Å². The Kier molecular flexibility index (Phi) is 8.06. The van der Waals surface area contributed by atoms with Crippen molar-refractivity contribution in [2.75, 3.05) is 58.9 Å². The maximum atomic E-state index is 13.4. The molecule has 1 N–H and O–H groups in total. The Morgan fingerprint density at radius 2 is 1.76 bits per heavy atom. The van der Waals surface area contributed by atoms with E-state index in [0.29, 0.717) is 30.1 Å². The quantitative estimate of drug-likeness (QED) is 0.684. The Labute approximate surface area is 175 Å². The van der Waals surface area contributed by atoms with Gasteiger partial charge in [-0.1, -0.05) is 24.6 Å². The molecular weight excluding hydrogens is 388 g/mol. The lowest BCUT2D eigenvalue weighted by Gasteiger charge is -2.31. The molecule has 0 atom stereocenters. The number of benzene rings is 1. The molecule has 1 amide bonds. The van der Waals surface area contributed by atoms with Crippen molar-refractivity contribution in [3.05, 3.63) is 29.8 Å². The van der Waals surface area contributed by atoms with Crippen LogP contribution in [0.5, 0.6) is 0 Å². The fourth-order valence-electron chi connectivity index (χ4n) is 4.09. The van der Waals surface area contributed by atoms with E-state index in [-0.39, 0.29) is 12.5 Å². The number of piperidine rings is 1. The molecule has 0 aromatic heterocycles. The summed E-state index contributed by atoms with van der Waals surface area (Å²) < 4.78 is 28.2. The molecule has 7 nitrogen and oxygen atoms in total. The number of piperazine rings is 1. The fourth-order valence-corrected chi connectivity index (χ4v) is 5.74. The van der Waals surface area contributed by atoms with E-state index in [1.807, 2.05) is 6.07 Å². The number of aryl methyl sites for hydroxylation is 1. The largest absolute Gasteiger partial charge is 0.339 e. The molecule has 3 rings (SSSR count). The standard InChI is InChI=1S/C21H34N4O3S/c1-19-8-3-4-9-20(19)29(27,28)25(15-7-14-23-12-5-2-6-13-23)18-21(26)24-16-10-22-11-17-24/h3-4,8-9,22H,2,5-7,10-18H2,1H3. The summed E-state index contributed by atoms with van der Waals surface area (Å²) in [4.78, 5) is 17.3. The number of hydrogen-bond donors (Lipinski definition) is 1. The average molecular weight is 423 g/mol. The molecule has 162 valence electrons. The van der Waals surface area contributed by atoms with Gasteiger partial charge in [0.15, 0.2) is 0 Å². The molecule has 2 fully saturated rings. The van der Waals surface area contributed by atoms with Gasteiger partial charge in [0.1, 0.15) is 0 Å². The molecule has 2 heterocycles. The molecule has 29 heavy (non-hydrogen) atoms. The van der Waals surface area contributed by atoms with Gasteiger partial charge in [-0.25, -0.2) is 8.42 Å². The SMILES string of the molecule is Cc1ccccc1S(=O)(=O)N(CCCN1CCCCC1)CC(=O)N1CCNCC1. The van der Waals surface area contributed by atoms with Crippen LogP contribution in [0.4, 0.5) is 0 Å². The summed E-state index contributed by atoms with van der Waals surface area (Å²) in [5.41, 5.74) is 0.711. The molecule has 2 aliphatic heterocycles. The normalized spacial score (nSPS) is 18.9. The van der Waals surface area contributed by atoms with E-state index >= 15 is 0 Å². The first-order chi connectivity index (χ1) is 14.0. The van der Waals surface area contributed by atoms with Crippen molar-refractivity contribution in [3.63, 3.8) is 0 Å². The monoisotopic (exact) mass is 422 g/mol. The van der Waals surface area contributed by atoms with Crippen molar-refractivity contribution >= 4 is 15.9 Å². The van der Waals surface area contributed by atoms with E-state index in [0.717, 1.165) is 39.1 Å². The second kappa shape index (κ2) is 10.5. The summed E-state index contributed by atoms with van der Waals surface area (Å²) in [6.07, 6.45) is 4.45.